The van der Waals surface area contributed by atoms with Gasteiger partial charge in [0.05, 0.1) is 11.5 Å². The second-order valence-electron chi connectivity index (χ2n) is 4.56. The highest BCUT2D eigenvalue weighted by molar-refractivity contribution is 5.76. The van der Waals surface area contributed by atoms with Gasteiger partial charge in [-0.15, -0.1) is 0 Å². The first-order valence-corrected chi connectivity index (χ1v) is 6.07. The van der Waals surface area contributed by atoms with Crippen LogP contribution in [0.2, 0.25) is 0 Å². The highest BCUT2D eigenvalue weighted by Crippen LogP contribution is 2.30. The van der Waals surface area contributed by atoms with E-state index >= 15 is 0 Å². The summed E-state index contributed by atoms with van der Waals surface area (Å²) in [5.74, 6) is 0.668. The molecular weight excluding hydrogens is 234 g/mol. The van der Waals surface area contributed by atoms with Crippen LogP contribution in [0.4, 0.5) is 5.69 Å². The van der Waals surface area contributed by atoms with Crippen LogP contribution in [-0.4, -0.2) is 17.8 Å². The van der Waals surface area contributed by atoms with E-state index in [4.69, 9.17) is 4.74 Å². The van der Waals surface area contributed by atoms with Gasteiger partial charge in [0.25, 0.3) is 0 Å². The summed E-state index contributed by atoms with van der Waals surface area (Å²) in [5, 5.41) is 10.9. The van der Waals surface area contributed by atoms with E-state index in [1.165, 1.54) is 31.0 Å². The highest BCUT2D eigenvalue weighted by atomic mass is 16.6. The van der Waals surface area contributed by atoms with Crippen molar-refractivity contribution >= 4 is 12.0 Å². The van der Waals surface area contributed by atoms with Gasteiger partial charge in [-0.2, -0.15) is 0 Å². The van der Waals surface area contributed by atoms with Crippen LogP contribution in [0.15, 0.2) is 18.2 Å². The van der Waals surface area contributed by atoms with Crippen molar-refractivity contribution in [3.8, 4) is 5.75 Å². The van der Waals surface area contributed by atoms with Crippen LogP contribution < -0.4 is 4.74 Å². The Kier molecular flexibility index (Phi) is 3.92. The third-order valence-electron chi connectivity index (χ3n) is 3.27. The Morgan fingerprint density at radius 2 is 2.11 bits per heavy atom. The van der Waals surface area contributed by atoms with Crippen molar-refractivity contribution < 1.29 is 14.5 Å². The zero-order valence-electron chi connectivity index (χ0n) is 10.0. The van der Waals surface area contributed by atoms with Gasteiger partial charge in [-0.3, -0.25) is 14.9 Å². The predicted molar refractivity (Wildman–Crippen MR) is 65.9 cm³/mol. The molecular formula is C13H15NO4. The first-order valence-electron chi connectivity index (χ1n) is 6.07. The summed E-state index contributed by atoms with van der Waals surface area (Å²) in [5.41, 5.74) is 0.306. The number of carbonyl (C=O) groups excluding carboxylic acids is 1. The van der Waals surface area contributed by atoms with Gasteiger partial charge < -0.3 is 4.74 Å². The van der Waals surface area contributed by atoms with Gasteiger partial charge >= 0.3 is 5.69 Å². The SMILES string of the molecule is O=Cc1ccc([N+](=O)[O-])c(OCC2CCCC2)c1. The van der Waals surface area contributed by atoms with Crippen molar-refractivity contribution in [1.29, 1.82) is 0 Å². The fraction of sp³-hybridized carbons (Fsp3) is 0.462. The maximum Gasteiger partial charge on any atom is 0.310 e. The van der Waals surface area contributed by atoms with Crippen LogP contribution in [0.25, 0.3) is 0 Å². The van der Waals surface area contributed by atoms with E-state index in [0.717, 1.165) is 12.8 Å². The molecule has 0 amide bonds. The normalized spacial score (nSPS) is 15.6. The number of aldehydes is 1. The lowest BCUT2D eigenvalue weighted by Crippen LogP contribution is -2.09. The molecule has 96 valence electrons. The maximum atomic E-state index is 10.9. The molecule has 1 aromatic carbocycles. The third kappa shape index (κ3) is 2.85. The van der Waals surface area contributed by atoms with Gasteiger partial charge in [0.15, 0.2) is 5.75 Å². The molecule has 1 fully saturated rings. The number of benzene rings is 1. The molecule has 0 unspecified atom stereocenters. The lowest BCUT2D eigenvalue weighted by atomic mass is 10.1. The van der Waals surface area contributed by atoms with Gasteiger partial charge in [-0.25, -0.2) is 0 Å². The van der Waals surface area contributed by atoms with E-state index in [1.807, 2.05) is 0 Å². The summed E-state index contributed by atoms with van der Waals surface area (Å²) >= 11 is 0. The second-order valence-corrected chi connectivity index (χ2v) is 4.56. The lowest BCUT2D eigenvalue weighted by molar-refractivity contribution is -0.385. The van der Waals surface area contributed by atoms with Crippen LogP contribution in [0.5, 0.6) is 5.75 Å². The van der Waals surface area contributed by atoms with Crippen molar-refractivity contribution in [1.82, 2.24) is 0 Å². The van der Waals surface area contributed by atoms with Crippen LogP contribution in [0, 0.1) is 16.0 Å². The standard InChI is InChI=1S/C13H15NO4/c15-8-11-5-6-12(14(16)17)13(7-11)18-9-10-3-1-2-4-10/h5-8,10H,1-4,9H2. The number of hydrogen-bond donors (Lipinski definition) is 0. The molecule has 0 spiro atoms. The minimum absolute atomic E-state index is 0.0846. The monoisotopic (exact) mass is 249 g/mol. The number of nitro groups is 1. The smallest absolute Gasteiger partial charge is 0.310 e. The fourth-order valence-corrected chi connectivity index (χ4v) is 2.26. The average Bonchev–Trinajstić information content (AvgIpc) is 2.88. The van der Waals surface area contributed by atoms with E-state index in [0.29, 0.717) is 24.4 Å². The van der Waals surface area contributed by atoms with Gasteiger partial charge in [0.1, 0.15) is 6.29 Å². The van der Waals surface area contributed by atoms with Gasteiger partial charge in [0.2, 0.25) is 0 Å². The van der Waals surface area contributed by atoms with Crippen LogP contribution >= 0.6 is 0 Å². The van der Waals surface area contributed by atoms with Crippen LogP contribution in [0.1, 0.15) is 36.0 Å². The van der Waals surface area contributed by atoms with E-state index in [1.54, 1.807) is 0 Å². The second kappa shape index (κ2) is 5.62. The van der Waals surface area contributed by atoms with Crippen molar-refractivity contribution in [3.05, 3.63) is 33.9 Å². The molecule has 0 radical (unpaired) electrons. The largest absolute Gasteiger partial charge is 0.487 e. The van der Waals surface area contributed by atoms with Crippen molar-refractivity contribution in [3.63, 3.8) is 0 Å². The molecule has 0 bridgehead atoms. The number of ether oxygens (including phenoxy) is 1. The van der Waals surface area contributed by atoms with Gasteiger partial charge in [-0.05, 0) is 30.9 Å². The molecule has 0 N–H and O–H groups in total. The van der Waals surface area contributed by atoms with Gasteiger partial charge in [0, 0.05) is 11.6 Å². The Labute approximate surface area is 105 Å². The number of rotatable bonds is 5. The molecule has 0 aromatic heterocycles. The van der Waals surface area contributed by atoms with E-state index in [9.17, 15) is 14.9 Å². The van der Waals surface area contributed by atoms with Gasteiger partial charge in [-0.1, -0.05) is 12.8 Å². The molecule has 5 nitrogen and oxygen atoms in total. The average molecular weight is 249 g/mol. The fourth-order valence-electron chi connectivity index (χ4n) is 2.26. The number of nitro benzene ring substituents is 1. The Balaban J connectivity index is 2.12. The Morgan fingerprint density at radius 3 is 2.72 bits per heavy atom. The van der Waals surface area contributed by atoms with E-state index in [2.05, 4.69) is 0 Å². The zero-order chi connectivity index (χ0) is 13.0. The Morgan fingerprint density at radius 1 is 1.39 bits per heavy atom. The first-order chi connectivity index (χ1) is 8.70. The lowest BCUT2D eigenvalue weighted by Gasteiger charge is -2.11. The third-order valence-corrected chi connectivity index (χ3v) is 3.27. The predicted octanol–water partition coefficient (Wildman–Crippen LogP) is 2.98. The zero-order valence-corrected chi connectivity index (χ0v) is 10.0. The molecule has 0 heterocycles. The van der Waals surface area contributed by atoms with Crippen molar-refractivity contribution in [2.24, 2.45) is 5.92 Å². The van der Waals surface area contributed by atoms with Crippen molar-refractivity contribution in [2.45, 2.75) is 25.7 Å². The van der Waals surface area contributed by atoms with Crippen LogP contribution in [0.3, 0.4) is 0 Å². The van der Waals surface area contributed by atoms with E-state index in [-0.39, 0.29) is 11.4 Å². The molecule has 1 aliphatic rings. The minimum Gasteiger partial charge on any atom is -0.487 e. The number of nitrogens with zero attached hydrogens (tertiary/aromatic N) is 1. The van der Waals surface area contributed by atoms with E-state index < -0.39 is 4.92 Å². The molecule has 5 heteroatoms. The Bertz CT molecular complexity index is 452. The summed E-state index contributed by atoms with van der Waals surface area (Å²) in [6.45, 7) is 0.489. The molecule has 1 aliphatic carbocycles. The number of hydrogen-bond acceptors (Lipinski definition) is 4. The first kappa shape index (κ1) is 12.5. The molecule has 1 aromatic rings. The summed E-state index contributed by atoms with van der Waals surface area (Å²) in [6, 6.07) is 4.17. The summed E-state index contributed by atoms with van der Waals surface area (Å²) in [4.78, 5) is 21.0. The number of carbonyl (C=O) groups is 1. The summed E-state index contributed by atoms with van der Waals surface area (Å²) in [7, 11) is 0. The molecule has 2 rings (SSSR count). The maximum absolute atomic E-state index is 10.9. The molecule has 18 heavy (non-hydrogen) atoms. The molecule has 0 saturated heterocycles. The minimum atomic E-state index is -0.488. The molecule has 0 atom stereocenters. The summed E-state index contributed by atoms with van der Waals surface area (Å²) in [6.07, 6.45) is 5.28. The Hall–Kier alpha value is -1.91. The molecule has 1 saturated carbocycles. The highest BCUT2D eigenvalue weighted by Gasteiger charge is 2.19. The molecule has 0 aliphatic heterocycles. The summed E-state index contributed by atoms with van der Waals surface area (Å²) < 4.78 is 5.52. The van der Waals surface area contributed by atoms with Crippen molar-refractivity contribution in [2.75, 3.05) is 6.61 Å². The van der Waals surface area contributed by atoms with Crippen LogP contribution in [-0.2, 0) is 0 Å². The topological polar surface area (TPSA) is 69.4 Å². The quantitative estimate of drug-likeness (QED) is 0.457.